The number of fused-ring (bicyclic) bond motifs is 1. The lowest BCUT2D eigenvalue weighted by Crippen LogP contribution is -2.61. The van der Waals surface area contributed by atoms with Crippen molar-refractivity contribution in [2.45, 2.75) is 30.8 Å². The smallest absolute Gasteiger partial charge is 0.241 e. The highest BCUT2D eigenvalue weighted by Crippen LogP contribution is 2.34. The molecule has 2 aromatic carbocycles. The molecule has 3 rings (SSSR count). The zero-order valence-electron chi connectivity index (χ0n) is 15.8. The number of nitrogens with zero attached hydrogens (tertiary/aromatic N) is 1. The van der Waals surface area contributed by atoms with E-state index in [0.717, 1.165) is 13.0 Å². The van der Waals surface area contributed by atoms with E-state index in [9.17, 15) is 15.0 Å². The van der Waals surface area contributed by atoms with Gasteiger partial charge in [0, 0.05) is 19.4 Å². The van der Waals surface area contributed by atoms with Gasteiger partial charge in [-0.05, 0) is 30.2 Å². The van der Waals surface area contributed by atoms with Crippen LogP contribution in [0, 0.1) is 0 Å². The average molecular weight is 368 g/mol. The Kier molecular flexibility index (Phi) is 6.26. The van der Waals surface area contributed by atoms with E-state index in [1.165, 1.54) is 16.7 Å². The molecule has 0 heterocycles. The van der Waals surface area contributed by atoms with E-state index in [1.54, 1.807) is 0 Å². The van der Waals surface area contributed by atoms with Crippen molar-refractivity contribution < 1.29 is 15.0 Å². The zero-order valence-corrected chi connectivity index (χ0v) is 15.8. The zero-order chi connectivity index (χ0) is 19.3. The van der Waals surface area contributed by atoms with Crippen LogP contribution in [-0.2, 0) is 24.1 Å². The lowest BCUT2D eigenvalue weighted by Gasteiger charge is -2.38. The predicted octanol–water partition coefficient (Wildman–Crippen LogP) is 1.17. The van der Waals surface area contributed by atoms with Crippen molar-refractivity contribution in [2.75, 3.05) is 26.8 Å². The number of likely N-dealkylation sites (N-methyl/N-ethyl adjacent to an activating group) is 1. The summed E-state index contributed by atoms with van der Waals surface area (Å²) >= 11 is 0. The van der Waals surface area contributed by atoms with Crippen LogP contribution in [0.15, 0.2) is 54.6 Å². The number of aliphatic hydroxyl groups is 2. The molecule has 0 atom stereocenters. The number of aliphatic hydroxyl groups excluding tert-OH is 2. The van der Waals surface area contributed by atoms with Crippen molar-refractivity contribution in [3.63, 3.8) is 0 Å². The first-order valence-electron chi connectivity index (χ1n) is 9.43. The van der Waals surface area contributed by atoms with Gasteiger partial charge in [0.15, 0.2) is 0 Å². The minimum absolute atomic E-state index is 0.137. The summed E-state index contributed by atoms with van der Waals surface area (Å²) in [5.74, 6) is -0.137. The van der Waals surface area contributed by atoms with Crippen molar-refractivity contribution in [1.29, 1.82) is 0 Å². The van der Waals surface area contributed by atoms with Gasteiger partial charge in [0.25, 0.3) is 0 Å². The summed E-state index contributed by atoms with van der Waals surface area (Å²) in [6.07, 6.45) is 2.11. The van der Waals surface area contributed by atoms with Gasteiger partial charge < -0.3 is 15.5 Å². The van der Waals surface area contributed by atoms with Gasteiger partial charge in [-0.3, -0.25) is 9.69 Å². The van der Waals surface area contributed by atoms with E-state index in [0.29, 0.717) is 12.8 Å². The number of nitrogens with one attached hydrogen (secondary N) is 1. The molecule has 0 unspecified atom stereocenters. The third-order valence-electron chi connectivity index (χ3n) is 5.59. The fourth-order valence-electron chi connectivity index (χ4n) is 3.82. The van der Waals surface area contributed by atoms with Crippen LogP contribution in [0.1, 0.15) is 16.7 Å². The second kappa shape index (κ2) is 8.65. The molecule has 3 N–H and O–H groups in total. The number of carbonyl (C=O) groups is 1. The Balaban J connectivity index is 1.81. The van der Waals surface area contributed by atoms with Gasteiger partial charge in [0.2, 0.25) is 5.91 Å². The topological polar surface area (TPSA) is 72.8 Å². The summed E-state index contributed by atoms with van der Waals surface area (Å²) in [5, 5.41) is 21.6. The quantitative estimate of drug-likeness (QED) is 0.654. The maximum atomic E-state index is 13.2. The molecule has 0 bridgehead atoms. The number of benzene rings is 2. The first-order chi connectivity index (χ1) is 13.1. The summed E-state index contributed by atoms with van der Waals surface area (Å²) in [6, 6.07) is 17.7. The monoisotopic (exact) mass is 368 g/mol. The van der Waals surface area contributed by atoms with Crippen molar-refractivity contribution >= 4 is 5.91 Å². The molecular formula is C22H28N2O3. The Labute approximate surface area is 160 Å². The first kappa shape index (κ1) is 19.5. The van der Waals surface area contributed by atoms with Gasteiger partial charge in [-0.1, -0.05) is 54.6 Å². The largest absolute Gasteiger partial charge is 0.394 e. The van der Waals surface area contributed by atoms with Crippen LogP contribution >= 0.6 is 0 Å². The predicted molar refractivity (Wildman–Crippen MR) is 105 cm³/mol. The van der Waals surface area contributed by atoms with Crippen molar-refractivity contribution in [2.24, 2.45) is 0 Å². The highest BCUT2D eigenvalue weighted by atomic mass is 16.3. The highest BCUT2D eigenvalue weighted by Gasteiger charge is 2.47. The molecule has 0 fully saturated rings. The number of rotatable bonds is 8. The molecule has 5 heteroatoms. The van der Waals surface area contributed by atoms with Crippen LogP contribution in [0.25, 0.3) is 0 Å². The summed E-state index contributed by atoms with van der Waals surface area (Å²) in [5.41, 5.74) is 2.90. The summed E-state index contributed by atoms with van der Waals surface area (Å²) in [7, 11) is 1.99. The number of hydrogen-bond acceptors (Lipinski definition) is 4. The van der Waals surface area contributed by atoms with E-state index in [4.69, 9.17) is 0 Å². The molecule has 0 radical (unpaired) electrons. The second-order valence-electron chi connectivity index (χ2n) is 7.35. The maximum Gasteiger partial charge on any atom is 0.241 e. The molecule has 2 aromatic rings. The van der Waals surface area contributed by atoms with E-state index >= 15 is 0 Å². The average Bonchev–Trinajstić information content (AvgIpc) is 3.12. The van der Waals surface area contributed by atoms with Crippen LogP contribution in [0.3, 0.4) is 0 Å². The Morgan fingerprint density at radius 2 is 1.59 bits per heavy atom. The molecule has 1 amide bonds. The van der Waals surface area contributed by atoms with Crippen LogP contribution in [-0.4, -0.2) is 59.4 Å². The fourth-order valence-corrected chi connectivity index (χ4v) is 3.82. The summed E-state index contributed by atoms with van der Waals surface area (Å²) in [6.45, 7) is 0.187. The molecule has 0 saturated heterocycles. The lowest BCUT2D eigenvalue weighted by atomic mass is 9.91. The van der Waals surface area contributed by atoms with Gasteiger partial charge in [-0.15, -0.1) is 0 Å². The van der Waals surface area contributed by atoms with Gasteiger partial charge in [0.1, 0.15) is 5.54 Å². The summed E-state index contributed by atoms with van der Waals surface area (Å²) < 4.78 is 0. The molecule has 0 aromatic heterocycles. The molecule has 5 nitrogen and oxygen atoms in total. The molecule has 27 heavy (non-hydrogen) atoms. The third kappa shape index (κ3) is 4.21. The van der Waals surface area contributed by atoms with E-state index in [-0.39, 0.29) is 19.1 Å². The van der Waals surface area contributed by atoms with Crippen molar-refractivity contribution in [3.8, 4) is 0 Å². The van der Waals surface area contributed by atoms with Crippen molar-refractivity contribution in [1.82, 2.24) is 10.2 Å². The molecule has 0 aliphatic heterocycles. The Morgan fingerprint density at radius 1 is 1.04 bits per heavy atom. The number of amides is 1. The maximum absolute atomic E-state index is 13.2. The SMILES string of the molecule is CN(CCc1ccccc1)C1(C(=O)NC(CO)CO)Cc2ccccc2C1. The van der Waals surface area contributed by atoms with E-state index in [1.807, 2.05) is 37.4 Å². The first-order valence-corrected chi connectivity index (χ1v) is 9.43. The number of hydrogen-bond donors (Lipinski definition) is 3. The second-order valence-corrected chi connectivity index (χ2v) is 7.35. The minimum atomic E-state index is -0.707. The molecule has 0 saturated carbocycles. The molecule has 1 aliphatic carbocycles. The highest BCUT2D eigenvalue weighted by molar-refractivity contribution is 5.88. The lowest BCUT2D eigenvalue weighted by molar-refractivity contribution is -0.134. The van der Waals surface area contributed by atoms with Crippen LogP contribution in [0.4, 0.5) is 0 Å². The Morgan fingerprint density at radius 3 is 2.15 bits per heavy atom. The van der Waals surface area contributed by atoms with E-state index in [2.05, 4.69) is 34.5 Å². The van der Waals surface area contributed by atoms with Gasteiger partial charge in [-0.25, -0.2) is 0 Å². The normalized spacial score (nSPS) is 15.1. The van der Waals surface area contributed by atoms with Gasteiger partial charge in [0.05, 0.1) is 19.3 Å². The molecule has 1 aliphatic rings. The van der Waals surface area contributed by atoms with Crippen LogP contribution in [0.2, 0.25) is 0 Å². The van der Waals surface area contributed by atoms with Crippen LogP contribution in [0.5, 0.6) is 0 Å². The van der Waals surface area contributed by atoms with Crippen LogP contribution < -0.4 is 5.32 Å². The van der Waals surface area contributed by atoms with Gasteiger partial charge >= 0.3 is 0 Å². The standard InChI is InChI=1S/C22H28N2O3/c1-24(12-11-17-7-3-2-4-8-17)22(21(27)23-20(15-25)16-26)13-18-9-5-6-10-19(18)14-22/h2-10,20,25-26H,11-16H2,1H3,(H,23,27). The Hall–Kier alpha value is -2.21. The molecular weight excluding hydrogens is 340 g/mol. The minimum Gasteiger partial charge on any atom is -0.394 e. The van der Waals surface area contributed by atoms with Gasteiger partial charge in [-0.2, -0.15) is 0 Å². The summed E-state index contributed by atoms with van der Waals surface area (Å²) in [4.78, 5) is 15.4. The molecule has 144 valence electrons. The number of carbonyl (C=O) groups excluding carboxylic acids is 1. The molecule has 0 spiro atoms. The van der Waals surface area contributed by atoms with Crippen molar-refractivity contribution in [3.05, 3.63) is 71.3 Å². The fraction of sp³-hybridized carbons (Fsp3) is 0.409. The third-order valence-corrected chi connectivity index (χ3v) is 5.59. The van der Waals surface area contributed by atoms with E-state index < -0.39 is 11.6 Å². The Bertz CT molecular complexity index is 734.